The number of hydrogen-bond donors (Lipinski definition) is 2. The van der Waals surface area contributed by atoms with Crippen LogP contribution in [0, 0.1) is 0 Å². The molecule has 0 bridgehead atoms. The van der Waals surface area contributed by atoms with Crippen molar-refractivity contribution in [2.45, 2.75) is 13.3 Å². The molecule has 0 aromatic carbocycles. The van der Waals surface area contributed by atoms with E-state index in [1.807, 2.05) is 6.92 Å². The van der Waals surface area contributed by atoms with Gasteiger partial charge in [-0.1, -0.05) is 24.0 Å². The number of carboxylic acids is 1. The van der Waals surface area contributed by atoms with E-state index >= 15 is 0 Å². The molecule has 0 aromatic heterocycles. The highest BCUT2D eigenvalue weighted by molar-refractivity contribution is 8.22. The summed E-state index contributed by atoms with van der Waals surface area (Å²) in [5, 5.41) is 11.2. The Morgan fingerprint density at radius 2 is 2.36 bits per heavy atom. The molecule has 11 heavy (non-hydrogen) atoms. The van der Waals surface area contributed by atoms with E-state index in [2.05, 4.69) is 5.32 Å². The molecule has 0 aliphatic rings. The van der Waals surface area contributed by atoms with Crippen molar-refractivity contribution in [3.8, 4) is 0 Å². The number of nitrogens with one attached hydrogen (secondary N) is 1. The molecule has 0 aliphatic carbocycles. The van der Waals surface area contributed by atoms with Gasteiger partial charge in [0, 0.05) is 12.3 Å². The van der Waals surface area contributed by atoms with Crippen LogP contribution in [0.1, 0.15) is 13.3 Å². The van der Waals surface area contributed by atoms with Crippen LogP contribution in [-0.2, 0) is 4.79 Å². The smallest absolute Gasteiger partial charge is 0.304 e. The number of hydrogen-bond acceptors (Lipinski definition) is 3. The number of thiocarbonyl (C=S) groups is 1. The lowest BCUT2D eigenvalue weighted by Gasteiger charge is -2.01. The maximum Gasteiger partial charge on any atom is 0.304 e. The zero-order chi connectivity index (χ0) is 8.69. The van der Waals surface area contributed by atoms with E-state index < -0.39 is 5.97 Å². The van der Waals surface area contributed by atoms with Gasteiger partial charge in [0.2, 0.25) is 0 Å². The summed E-state index contributed by atoms with van der Waals surface area (Å²) in [6, 6.07) is 0. The predicted octanol–water partition coefficient (Wildman–Crippen LogP) is 1.09. The average molecular weight is 193 g/mol. The first-order valence-electron chi connectivity index (χ1n) is 3.29. The van der Waals surface area contributed by atoms with Crippen molar-refractivity contribution >= 4 is 34.3 Å². The van der Waals surface area contributed by atoms with Gasteiger partial charge in [0.15, 0.2) is 0 Å². The van der Waals surface area contributed by atoms with E-state index in [1.54, 1.807) is 0 Å². The Morgan fingerprint density at radius 1 is 1.73 bits per heavy atom. The topological polar surface area (TPSA) is 49.3 Å². The first kappa shape index (κ1) is 10.7. The lowest BCUT2D eigenvalue weighted by atomic mass is 10.5. The van der Waals surface area contributed by atoms with E-state index in [4.69, 9.17) is 17.3 Å². The van der Waals surface area contributed by atoms with Crippen LogP contribution in [0.5, 0.6) is 0 Å². The van der Waals surface area contributed by atoms with Gasteiger partial charge in [-0.3, -0.25) is 4.79 Å². The highest BCUT2D eigenvalue weighted by atomic mass is 32.2. The van der Waals surface area contributed by atoms with Gasteiger partial charge < -0.3 is 10.4 Å². The van der Waals surface area contributed by atoms with E-state index in [1.165, 1.54) is 11.8 Å². The second kappa shape index (κ2) is 6.42. The molecule has 64 valence electrons. The fraction of sp³-hybridized carbons (Fsp3) is 0.667. The minimum atomic E-state index is -0.781. The quantitative estimate of drug-likeness (QED) is 0.654. The summed E-state index contributed by atoms with van der Waals surface area (Å²) < 4.78 is 0.675. The zero-order valence-corrected chi connectivity index (χ0v) is 7.93. The summed E-state index contributed by atoms with van der Waals surface area (Å²) in [5.41, 5.74) is 0. The van der Waals surface area contributed by atoms with Crippen LogP contribution in [0.2, 0.25) is 0 Å². The average Bonchev–Trinajstić information content (AvgIpc) is 1.87. The molecule has 0 radical (unpaired) electrons. The number of carbonyl (C=O) groups is 1. The monoisotopic (exact) mass is 193 g/mol. The van der Waals surface area contributed by atoms with Gasteiger partial charge in [-0.2, -0.15) is 0 Å². The molecule has 0 fully saturated rings. The Balaban J connectivity index is 3.24. The molecular formula is C6H11NO2S2. The Hall–Kier alpha value is -0.290. The molecule has 2 N–H and O–H groups in total. The van der Waals surface area contributed by atoms with Crippen LogP contribution >= 0.6 is 24.0 Å². The Labute approximate surface area is 75.6 Å². The van der Waals surface area contributed by atoms with Gasteiger partial charge in [-0.05, 0) is 6.92 Å². The third kappa shape index (κ3) is 7.61. The van der Waals surface area contributed by atoms with E-state index in [-0.39, 0.29) is 6.42 Å². The van der Waals surface area contributed by atoms with Crippen molar-refractivity contribution in [2.24, 2.45) is 0 Å². The van der Waals surface area contributed by atoms with E-state index in [9.17, 15) is 4.79 Å². The maximum atomic E-state index is 10.1. The van der Waals surface area contributed by atoms with Crippen molar-refractivity contribution in [2.75, 3.05) is 12.3 Å². The lowest BCUT2D eigenvalue weighted by Crippen LogP contribution is -2.17. The number of carboxylic acid groups (broad SMARTS) is 1. The van der Waals surface area contributed by atoms with Crippen LogP contribution in [0.15, 0.2) is 0 Å². The number of thioether (sulfide) groups is 1. The molecule has 0 spiro atoms. The number of aliphatic carboxylic acids is 1. The minimum absolute atomic E-state index is 0.163. The van der Waals surface area contributed by atoms with Gasteiger partial charge in [0.1, 0.15) is 4.32 Å². The van der Waals surface area contributed by atoms with Crippen LogP contribution in [0.4, 0.5) is 0 Å². The normalized spacial score (nSPS) is 9.18. The molecule has 5 heteroatoms. The first-order chi connectivity index (χ1) is 5.16. The fourth-order valence-corrected chi connectivity index (χ4v) is 1.53. The molecule has 0 amide bonds. The summed E-state index contributed by atoms with van der Waals surface area (Å²) in [6.07, 6.45) is 0.163. The first-order valence-corrected chi connectivity index (χ1v) is 4.68. The summed E-state index contributed by atoms with van der Waals surface area (Å²) in [7, 11) is 0. The van der Waals surface area contributed by atoms with Gasteiger partial charge in [-0.25, -0.2) is 0 Å². The highest BCUT2D eigenvalue weighted by Gasteiger charge is 1.98. The van der Waals surface area contributed by atoms with Crippen molar-refractivity contribution in [1.82, 2.24) is 5.32 Å². The van der Waals surface area contributed by atoms with Crippen LogP contribution in [-0.4, -0.2) is 27.7 Å². The Morgan fingerprint density at radius 3 is 2.82 bits per heavy atom. The summed E-state index contributed by atoms with van der Waals surface area (Å²) in [6.45, 7) is 2.74. The van der Waals surface area contributed by atoms with Gasteiger partial charge in [0.05, 0.1) is 6.42 Å². The molecule has 0 atom stereocenters. The van der Waals surface area contributed by atoms with E-state index in [0.29, 0.717) is 10.1 Å². The van der Waals surface area contributed by atoms with E-state index in [0.717, 1.165) is 6.54 Å². The lowest BCUT2D eigenvalue weighted by molar-refractivity contribution is -0.136. The third-order valence-electron chi connectivity index (χ3n) is 0.870. The molecule has 0 rings (SSSR count). The summed E-state index contributed by atoms with van der Waals surface area (Å²) >= 11 is 6.23. The minimum Gasteiger partial charge on any atom is -0.481 e. The van der Waals surface area contributed by atoms with Crippen molar-refractivity contribution in [1.29, 1.82) is 0 Å². The number of rotatable bonds is 4. The summed E-state index contributed by atoms with van der Waals surface area (Å²) in [5.74, 6) is -0.238. The molecule has 0 saturated heterocycles. The zero-order valence-electron chi connectivity index (χ0n) is 6.29. The molecule has 0 aliphatic heterocycles. The highest BCUT2D eigenvalue weighted by Crippen LogP contribution is 2.03. The molecule has 0 unspecified atom stereocenters. The second-order valence-corrected chi connectivity index (χ2v) is 3.58. The fourth-order valence-electron chi connectivity index (χ4n) is 0.426. The van der Waals surface area contributed by atoms with Crippen LogP contribution in [0.3, 0.4) is 0 Å². The maximum absolute atomic E-state index is 10.1. The summed E-state index contributed by atoms with van der Waals surface area (Å²) in [4.78, 5) is 10.1. The SMILES string of the molecule is CCNC(=S)SCCC(=O)O. The largest absolute Gasteiger partial charge is 0.481 e. The van der Waals surface area contributed by atoms with Crippen molar-refractivity contribution in [3.63, 3.8) is 0 Å². The van der Waals surface area contributed by atoms with Gasteiger partial charge in [0.25, 0.3) is 0 Å². The standard InChI is InChI=1S/C6H11NO2S2/c1-2-7-6(10)11-4-3-5(8)9/h2-4H2,1H3,(H,7,10)(H,8,9). The van der Waals surface area contributed by atoms with Crippen molar-refractivity contribution in [3.05, 3.63) is 0 Å². The molecule has 0 heterocycles. The molecule has 0 saturated carbocycles. The van der Waals surface area contributed by atoms with Crippen LogP contribution in [0.25, 0.3) is 0 Å². The Bertz CT molecular complexity index is 150. The van der Waals surface area contributed by atoms with Crippen LogP contribution < -0.4 is 5.32 Å². The Kier molecular flexibility index (Phi) is 6.25. The van der Waals surface area contributed by atoms with Crippen molar-refractivity contribution < 1.29 is 9.90 Å². The van der Waals surface area contributed by atoms with Gasteiger partial charge >= 0.3 is 5.97 Å². The second-order valence-electron chi connectivity index (χ2n) is 1.81. The predicted molar refractivity (Wildman–Crippen MR) is 51.0 cm³/mol. The van der Waals surface area contributed by atoms with Gasteiger partial charge in [-0.15, -0.1) is 0 Å². The third-order valence-corrected chi connectivity index (χ3v) is 2.18. The molecule has 0 aromatic rings. The molecule has 3 nitrogen and oxygen atoms in total. The molecular weight excluding hydrogens is 182 g/mol.